The number of carbonyl (C=O) groups is 2. The number of ether oxygens (including phenoxy) is 2. The van der Waals surface area contributed by atoms with Crippen LogP contribution in [-0.2, 0) is 0 Å². The summed E-state index contributed by atoms with van der Waals surface area (Å²) in [5, 5.41) is 3.18. The minimum Gasteiger partial charge on any atom is -0.489 e. The summed E-state index contributed by atoms with van der Waals surface area (Å²) in [5.41, 5.74) is 2.39. The molecule has 0 fully saturated rings. The van der Waals surface area contributed by atoms with Crippen molar-refractivity contribution in [3.8, 4) is 11.5 Å². The number of hydrogen-bond acceptors (Lipinski definition) is 4. The Kier molecular flexibility index (Phi) is 7.08. The second kappa shape index (κ2) is 9.11. The quantitative estimate of drug-likeness (QED) is 0.604. The first-order valence-corrected chi connectivity index (χ1v) is 9.56. The van der Waals surface area contributed by atoms with E-state index in [0.29, 0.717) is 33.3 Å². The van der Waals surface area contributed by atoms with Crippen LogP contribution in [0.5, 0.6) is 11.5 Å². The molecule has 0 aliphatic rings. The van der Waals surface area contributed by atoms with Gasteiger partial charge in [0.05, 0.1) is 12.2 Å². The Labute approximate surface area is 171 Å². The van der Waals surface area contributed by atoms with Crippen molar-refractivity contribution < 1.29 is 19.1 Å². The van der Waals surface area contributed by atoms with E-state index in [2.05, 4.69) is 5.32 Å². The maximum absolute atomic E-state index is 12.8. The predicted octanol–water partition coefficient (Wildman–Crippen LogP) is 5.68. The van der Waals surface area contributed by atoms with Crippen LogP contribution in [0.1, 0.15) is 60.9 Å². The van der Waals surface area contributed by atoms with Crippen molar-refractivity contribution in [1.82, 2.24) is 0 Å². The molecule has 2 rings (SSSR count). The first-order chi connectivity index (χ1) is 13.1. The first-order valence-electron chi connectivity index (χ1n) is 9.18. The minimum atomic E-state index is -0.325. The Morgan fingerprint density at radius 1 is 0.964 bits per heavy atom. The van der Waals surface area contributed by atoms with Crippen molar-refractivity contribution in [3.63, 3.8) is 0 Å². The molecule has 0 atom stereocenters. The van der Waals surface area contributed by atoms with Gasteiger partial charge in [-0.25, -0.2) is 0 Å². The molecule has 0 unspecified atom stereocenters. The maximum atomic E-state index is 12.8. The second-order valence-corrected chi connectivity index (χ2v) is 7.54. The fraction of sp³-hybridized carbons (Fsp3) is 0.364. The fourth-order valence-corrected chi connectivity index (χ4v) is 2.92. The van der Waals surface area contributed by atoms with Gasteiger partial charge in [0.2, 0.25) is 0 Å². The van der Waals surface area contributed by atoms with Gasteiger partial charge in [-0.3, -0.25) is 9.59 Å². The lowest BCUT2D eigenvalue weighted by molar-refractivity contribution is 0.101. The highest BCUT2D eigenvalue weighted by Gasteiger charge is 2.18. The molecule has 0 bridgehead atoms. The van der Waals surface area contributed by atoms with Crippen LogP contribution in [0, 0.1) is 6.92 Å². The molecule has 0 heterocycles. The highest BCUT2D eigenvalue weighted by atomic mass is 35.5. The molecule has 1 amide bonds. The van der Waals surface area contributed by atoms with E-state index in [1.165, 1.54) is 6.92 Å². The summed E-state index contributed by atoms with van der Waals surface area (Å²) in [7, 11) is 0. The van der Waals surface area contributed by atoms with Crippen molar-refractivity contribution in [2.75, 3.05) is 5.32 Å². The van der Waals surface area contributed by atoms with Gasteiger partial charge in [0.1, 0.15) is 16.5 Å². The van der Waals surface area contributed by atoms with Crippen LogP contribution in [0.25, 0.3) is 0 Å². The van der Waals surface area contributed by atoms with Crippen LogP contribution in [0.4, 0.5) is 5.69 Å². The number of benzene rings is 2. The monoisotopic (exact) mass is 403 g/mol. The van der Waals surface area contributed by atoms with Crippen molar-refractivity contribution in [2.24, 2.45) is 0 Å². The Hall–Kier alpha value is -2.53. The number of amides is 1. The molecular formula is C22H26ClNO4. The topological polar surface area (TPSA) is 64.6 Å². The summed E-state index contributed by atoms with van der Waals surface area (Å²) in [6, 6.07) is 8.37. The Bertz CT molecular complexity index is 859. The third-order valence-corrected chi connectivity index (χ3v) is 4.23. The number of aryl methyl sites for hydroxylation is 1. The maximum Gasteiger partial charge on any atom is 0.255 e. The zero-order valence-corrected chi connectivity index (χ0v) is 17.8. The minimum absolute atomic E-state index is 0.0148. The fourth-order valence-electron chi connectivity index (χ4n) is 2.72. The van der Waals surface area contributed by atoms with Crippen LogP contribution < -0.4 is 14.8 Å². The molecule has 0 saturated heterocycles. The molecule has 5 nitrogen and oxygen atoms in total. The number of Topliss-reactive ketones (excluding diaryl/α,β-unsaturated/α-hetero) is 1. The number of nitrogens with one attached hydrogen (secondary N) is 1. The number of carbonyl (C=O) groups excluding carboxylic acids is 2. The molecule has 2 aromatic carbocycles. The number of rotatable bonds is 7. The van der Waals surface area contributed by atoms with Crippen LogP contribution in [0.3, 0.4) is 0 Å². The zero-order chi connectivity index (χ0) is 21.0. The molecule has 0 spiro atoms. The highest BCUT2D eigenvalue weighted by molar-refractivity contribution is 6.33. The van der Waals surface area contributed by atoms with Gasteiger partial charge < -0.3 is 14.8 Å². The number of hydrogen-bond donors (Lipinski definition) is 1. The first kappa shape index (κ1) is 21.8. The van der Waals surface area contributed by atoms with Gasteiger partial charge in [-0.05, 0) is 77.4 Å². The van der Waals surface area contributed by atoms with Crippen LogP contribution >= 0.6 is 11.6 Å². The summed E-state index contributed by atoms with van der Waals surface area (Å²) in [5.74, 6) is 0.444. The molecule has 0 radical (unpaired) electrons. The molecule has 0 aliphatic carbocycles. The third kappa shape index (κ3) is 5.49. The molecule has 0 saturated carbocycles. The van der Waals surface area contributed by atoms with E-state index in [9.17, 15) is 9.59 Å². The van der Waals surface area contributed by atoms with Gasteiger partial charge in [-0.2, -0.15) is 0 Å². The third-order valence-electron chi connectivity index (χ3n) is 3.86. The standard InChI is InChI=1S/C22H26ClNO4/c1-12(2)27-19-10-16(11-20(21(19)23)28-13(3)4)22(26)24-17-7-8-18(15(6)25)14(5)9-17/h7-13H,1-6H3,(H,24,26). The van der Waals surface area contributed by atoms with E-state index >= 15 is 0 Å². The molecule has 6 heteroatoms. The molecule has 1 N–H and O–H groups in total. The lowest BCUT2D eigenvalue weighted by atomic mass is 10.0. The zero-order valence-electron chi connectivity index (χ0n) is 17.1. The van der Waals surface area contributed by atoms with Crippen molar-refractivity contribution in [1.29, 1.82) is 0 Å². The van der Waals surface area contributed by atoms with E-state index < -0.39 is 0 Å². The van der Waals surface area contributed by atoms with Crippen molar-refractivity contribution >= 4 is 29.0 Å². The summed E-state index contributed by atoms with van der Waals surface area (Å²) >= 11 is 6.39. The van der Waals surface area contributed by atoms with E-state index in [4.69, 9.17) is 21.1 Å². The van der Waals surface area contributed by atoms with E-state index in [1.807, 2.05) is 34.6 Å². The number of halogens is 1. The van der Waals surface area contributed by atoms with Gasteiger partial charge in [0, 0.05) is 16.8 Å². The summed E-state index contributed by atoms with van der Waals surface area (Å²) in [6.45, 7) is 10.9. The summed E-state index contributed by atoms with van der Waals surface area (Å²) < 4.78 is 11.5. The van der Waals surface area contributed by atoms with Crippen LogP contribution in [0.15, 0.2) is 30.3 Å². The average molecular weight is 404 g/mol. The van der Waals surface area contributed by atoms with Gasteiger partial charge in [0.15, 0.2) is 5.78 Å². The van der Waals surface area contributed by atoms with Gasteiger partial charge in [-0.1, -0.05) is 11.6 Å². The normalized spacial score (nSPS) is 10.9. The van der Waals surface area contributed by atoms with E-state index in [-0.39, 0.29) is 23.9 Å². The molecule has 150 valence electrons. The van der Waals surface area contributed by atoms with Crippen LogP contribution in [0.2, 0.25) is 5.02 Å². The summed E-state index contributed by atoms with van der Waals surface area (Å²) in [6.07, 6.45) is -0.214. The Morgan fingerprint density at radius 3 is 1.93 bits per heavy atom. The van der Waals surface area contributed by atoms with Crippen LogP contribution in [-0.4, -0.2) is 23.9 Å². The van der Waals surface area contributed by atoms with Gasteiger partial charge in [-0.15, -0.1) is 0 Å². The smallest absolute Gasteiger partial charge is 0.255 e. The molecule has 2 aromatic rings. The summed E-state index contributed by atoms with van der Waals surface area (Å²) in [4.78, 5) is 24.4. The number of anilines is 1. The van der Waals surface area contributed by atoms with Crippen molar-refractivity contribution in [2.45, 2.75) is 53.8 Å². The predicted molar refractivity (Wildman–Crippen MR) is 112 cm³/mol. The van der Waals surface area contributed by atoms with Crippen molar-refractivity contribution in [3.05, 3.63) is 52.0 Å². The Balaban J connectivity index is 2.35. The average Bonchev–Trinajstić information content (AvgIpc) is 2.57. The number of ketones is 1. The SMILES string of the molecule is CC(=O)c1ccc(NC(=O)c2cc(OC(C)C)c(Cl)c(OC(C)C)c2)cc1C. The van der Waals surface area contributed by atoms with E-state index in [1.54, 1.807) is 30.3 Å². The molecule has 28 heavy (non-hydrogen) atoms. The van der Waals surface area contributed by atoms with Gasteiger partial charge >= 0.3 is 0 Å². The molecular weight excluding hydrogens is 378 g/mol. The molecule has 0 aromatic heterocycles. The molecule has 0 aliphatic heterocycles. The van der Waals surface area contributed by atoms with Gasteiger partial charge in [0.25, 0.3) is 5.91 Å². The van der Waals surface area contributed by atoms with E-state index in [0.717, 1.165) is 5.56 Å². The highest BCUT2D eigenvalue weighted by Crippen LogP contribution is 2.37. The second-order valence-electron chi connectivity index (χ2n) is 7.16. The lowest BCUT2D eigenvalue weighted by Gasteiger charge is -2.18. The lowest BCUT2D eigenvalue weighted by Crippen LogP contribution is -2.15. The largest absolute Gasteiger partial charge is 0.489 e. The Morgan fingerprint density at radius 2 is 1.50 bits per heavy atom.